The number of ketones is 1. The van der Waals surface area contributed by atoms with Crippen LogP contribution in [0.5, 0.6) is 5.75 Å². The highest BCUT2D eigenvalue weighted by atomic mass is 32.1. The van der Waals surface area contributed by atoms with Crippen molar-refractivity contribution in [2.75, 3.05) is 6.61 Å². The minimum atomic E-state index is -0.466. The van der Waals surface area contributed by atoms with Crippen molar-refractivity contribution >= 4 is 28.7 Å². The number of hydrogen-bond acceptors (Lipinski definition) is 6. The predicted octanol–water partition coefficient (Wildman–Crippen LogP) is 2.86. The molecule has 0 aliphatic carbocycles. The highest BCUT2D eigenvalue weighted by Crippen LogP contribution is 2.23. The number of hydrogen-bond donors (Lipinski definition) is 1. The molecule has 1 heterocycles. The summed E-state index contributed by atoms with van der Waals surface area (Å²) in [7, 11) is 0. The summed E-state index contributed by atoms with van der Waals surface area (Å²) in [6.45, 7) is 3.27. The molecule has 0 unspecified atom stereocenters. The zero-order valence-corrected chi connectivity index (χ0v) is 14.0. The third-order valence-electron chi connectivity index (χ3n) is 3.18. The van der Waals surface area contributed by atoms with E-state index >= 15 is 0 Å². The van der Waals surface area contributed by atoms with Crippen LogP contribution in [0, 0.1) is 17.0 Å². The van der Waals surface area contributed by atoms with E-state index in [1.165, 1.54) is 36.5 Å². The second-order valence-electron chi connectivity index (χ2n) is 5.09. The van der Waals surface area contributed by atoms with Crippen LogP contribution in [0.25, 0.3) is 0 Å². The third-order valence-corrected chi connectivity index (χ3v) is 4.31. The summed E-state index contributed by atoms with van der Waals surface area (Å²) in [5.74, 6) is 0.0831. The number of nitro groups is 1. The predicted molar refractivity (Wildman–Crippen MR) is 89.5 cm³/mol. The van der Waals surface area contributed by atoms with Crippen LogP contribution in [0.2, 0.25) is 0 Å². The van der Waals surface area contributed by atoms with Crippen LogP contribution < -0.4 is 10.1 Å². The Balaban J connectivity index is 1.94. The number of aryl methyl sites for hydroxylation is 1. The van der Waals surface area contributed by atoms with Crippen molar-refractivity contribution in [3.8, 4) is 5.75 Å². The number of carbonyl (C=O) groups excluding carboxylic acids is 2. The van der Waals surface area contributed by atoms with Crippen LogP contribution in [0.3, 0.4) is 0 Å². The number of thiophene rings is 1. The first-order chi connectivity index (χ1) is 11.4. The van der Waals surface area contributed by atoms with Crippen molar-refractivity contribution in [2.45, 2.75) is 20.4 Å². The zero-order chi connectivity index (χ0) is 17.7. The van der Waals surface area contributed by atoms with E-state index in [9.17, 15) is 19.7 Å². The molecule has 0 spiro atoms. The Morgan fingerprint density at radius 3 is 2.67 bits per heavy atom. The molecule has 8 heteroatoms. The molecule has 2 aromatic rings. The Morgan fingerprint density at radius 1 is 1.29 bits per heavy atom. The van der Waals surface area contributed by atoms with Crippen LogP contribution in [0.4, 0.5) is 5.69 Å². The summed E-state index contributed by atoms with van der Waals surface area (Å²) < 4.78 is 5.41. The molecular formula is C16H16N2O5S. The summed E-state index contributed by atoms with van der Waals surface area (Å²) in [5.41, 5.74) is 0.480. The van der Waals surface area contributed by atoms with Crippen LogP contribution >= 0.6 is 11.3 Å². The van der Waals surface area contributed by atoms with Crippen LogP contribution in [-0.4, -0.2) is 23.2 Å². The smallest absolute Gasteiger partial charge is 0.272 e. The fourth-order valence-electron chi connectivity index (χ4n) is 1.98. The lowest BCUT2D eigenvalue weighted by atomic mass is 10.2. The lowest BCUT2D eigenvalue weighted by Crippen LogP contribution is -2.18. The van der Waals surface area contributed by atoms with Gasteiger partial charge in [-0.3, -0.25) is 19.7 Å². The number of Topliss-reactive ketones (excluding diaryl/α,β-unsaturated/α-hetero) is 1. The highest BCUT2D eigenvalue weighted by Gasteiger charge is 2.13. The summed E-state index contributed by atoms with van der Waals surface area (Å²) in [5, 5.41) is 13.4. The van der Waals surface area contributed by atoms with E-state index in [1.54, 1.807) is 19.1 Å². The van der Waals surface area contributed by atoms with Gasteiger partial charge in [-0.25, -0.2) is 0 Å². The molecule has 0 saturated heterocycles. The lowest BCUT2D eigenvalue weighted by molar-refractivity contribution is -0.385. The van der Waals surface area contributed by atoms with Crippen molar-refractivity contribution in [2.24, 2.45) is 0 Å². The first kappa shape index (κ1) is 17.6. The Kier molecular flexibility index (Phi) is 5.64. The fourth-order valence-corrected chi connectivity index (χ4v) is 2.85. The fraction of sp³-hybridized carbons (Fsp3) is 0.250. The van der Waals surface area contributed by atoms with E-state index in [2.05, 4.69) is 5.32 Å². The average molecular weight is 348 g/mol. The molecule has 1 aromatic heterocycles. The molecule has 0 radical (unpaired) electrons. The molecule has 126 valence electrons. The number of amides is 1. The lowest BCUT2D eigenvalue weighted by Gasteiger charge is -2.05. The first-order valence-electron chi connectivity index (χ1n) is 7.11. The third kappa shape index (κ3) is 4.63. The van der Waals surface area contributed by atoms with Gasteiger partial charge in [0.05, 0.1) is 16.3 Å². The molecule has 0 aliphatic rings. The number of ether oxygens (including phenoxy) is 1. The number of nitrogens with one attached hydrogen (secondary N) is 1. The Labute approximate surface area is 142 Å². The second kappa shape index (κ2) is 7.69. The van der Waals surface area contributed by atoms with E-state index in [0.717, 1.165) is 4.88 Å². The van der Waals surface area contributed by atoms with Gasteiger partial charge in [0.15, 0.2) is 6.61 Å². The molecular weight excluding hydrogens is 332 g/mol. The standard InChI is InChI=1S/C16H16N2O5S/c1-10-7-12(3-5-14(10)18(21)22)23-9-15(20)16-6-4-13(24-16)8-17-11(2)19/h3-7H,8-9H2,1-2H3,(H,17,19). The Bertz CT molecular complexity index is 785. The number of nitrogens with zero attached hydrogens (tertiary/aromatic N) is 1. The molecule has 2 rings (SSSR count). The minimum absolute atomic E-state index is 0.00884. The van der Waals surface area contributed by atoms with Crippen LogP contribution in [0.15, 0.2) is 30.3 Å². The van der Waals surface area contributed by atoms with Gasteiger partial charge in [-0.2, -0.15) is 0 Å². The van der Waals surface area contributed by atoms with Crippen molar-refractivity contribution < 1.29 is 19.2 Å². The van der Waals surface area contributed by atoms with Crippen LogP contribution in [0.1, 0.15) is 27.0 Å². The number of nitro benzene ring substituents is 1. The van der Waals surface area contributed by atoms with Gasteiger partial charge in [-0.05, 0) is 31.2 Å². The number of carbonyl (C=O) groups is 2. The maximum absolute atomic E-state index is 12.1. The molecule has 24 heavy (non-hydrogen) atoms. The van der Waals surface area contributed by atoms with Gasteiger partial charge in [0.1, 0.15) is 5.75 Å². The summed E-state index contributed by atoms with van der Waals surface area (Å²) in [6.07, 6.45) is 0. The molecule has 0 fully saturated rings. The van der Waals surface area contributed by atoms with Gasteiger partial charge in [0, 0.05) is 23.4 Å². The minimum Gasteiger partial charge on any atom is -0.485 e. The molecule has 0 saturated carbocycles. The Morgan fingerprint density at radius 2 is 2.04 bits per heavy atom. The van der Waals surface area contributed by atoms with Gasteiger partial charge in [-0.1, -0.05) is 0 Å². The maximum Gasteiger partial charge on any atom is 0.272 e. The first-order valence-corrected chi connectivity index (χ1v) is 7.92. The van der Waals surface area contributed by atoms with Gasteiger partial charge < -0.3 is 10.1 Å². The van der Waals surface area contributed by atoms with Crippen molar-refractivity contribution in [3.63, 3.8) is 0 Å². The monoisotopic (exact) mass is 348 g/mol. The van der Waals surface area contributed by atoms with E-state index < -0.39 is 4.92 Å². The number of rotatable bonds is 7. The number of benzene rings is 1. The highest BCUT2D eigenvalue weighted by molar-refractivity contribution is 7.14. The topological polar surface area (TPSA) is 98.5 Å². The van der Waals surface area contributed by atoms with Crippen molar-refractivity contribution in [3.05, 3.63) is 55.8 Å². The molecule has 0 bridgehead atoms. The normalized spacial score (nSPS) is 10.2. The van der Waals surface area contributed by atoms with E-state index in [-0.39, 0.29) is 24.0 Å². The second-order valence-corrected chi connectivity index (χ2v) is 6.26. The molecule has 1 N–H and O–H groups in total. The van der Waals surface area contributed by atoms with E-state index in [0.29, 0.717) is 22.7 Å². The van der Waals surface area contributed by atoms with Crippen molar-refractivity contribution in [1.29, 1.82) is 0 Å². The summed E-state index contributed by atoms with van der Waals surface area (Å²) >= 11 is 1.29. The SMILES string of the molecule is CC(=O)NCc1ccc(C(=O)COc2ccc([N+](=O)[O-])c(C)c2)s1. The van der Waals surface area contributed by atoms with E-state index in [1.807, 2.05) is 0 Å². The summed E-state index contributed by atoms with van der Waals surface area (Å²) in [6, 6.07) is 7.82. The largest absolute Gasteiger partial charge is 0.485 e. The van der Waals surface area contributed by atoms with Crippen molar-refractivity contribution in [1.82, 2.24) is 5.32 Å². The van der Waals surface area contributed by atoms with E-state index in [4.69, 9.17) is 4.74 Å². The molecule has 0 atom stereocenters. The van der Waals surface area contributed by atoms with Gasteiger partial charge in [0.25, 0.3) is 5.69 Å². The molecule has 1 aromatic carbocycles. The van der Waals surface area contributed by atoms with Gasteiger partial charge in [-0.15, -0.1) is 11.3 Å². The maximum atomic E-state index is 12.1. The molecule has 1 amide bonds. The van der Waals surface area contributed by atoms with Crippen LogP contribution in [-0.2, 0) is 11.3 Å². The van der Waals surface area contributed by atoms with Gasteiger partial charge in [0.2, 0.25) is 11.7 Å². The Hall–Kier alpha value is -2.74. The summed E-state index contributed by atoms with van der Waals surface area (Å²) in [4.78, 5) is 34.7. The average Bonchev–Trinajstić information content (AvgIpc) is 2.99. The quantitative estimate of drug-likeness (QED) is 0.471. The molecule has 0 aliphatic heterocycles. The molecule has 7 nitrogen and oxygen atoms in total. The zero-order valence-electron chi connectivity index (χ0n) is 13.2. The van der Waals surface area contributed by atoms with Gasteiger partial charge >= 0.3 is 0 Å².